The Labute approximate surface area is 236 Å². The molecular formula is C30H42F3N5S. The SMILES string of the molecule is CC(C)=CCC/C(C)=C/CC/C(C)=C/CC/C(C)=C/CSCC(Nc1ccc(C(F)(F)F)cn1)/C(N)=N\C#N. The number of nitrogens with one attached hydrogen (secondary N) is 1. The lowest BCUT2D eigenvalue weighted by molar-refractivity contribution is -0.137. The van der Waals surface area contributed by atoms with Gasteiger partial charge >= 0.3 is 6.18 Å². The first-order chi connectivity index (χ1) is 18.4. The van der Waals surface area contributed by atoms with E-state index in [0.717, 1.165) is 56.5 Å². The van der Waals surface area contributed by atoms with Gasteiger partial charge in [0.15, 0.2) is 0 Å². The summed E-state index contributed by atoms with van der Waals surface area (Å²) in [6, 6.07) is 1.65. The van der Waals surface area contributed by atoms with E-state index in [1.54, 1.807) is 18.0 Å². The van der Waals surface area contributed by atoms with Gasteiger partial charge in [-0.05, 0) is 85.3 Å². The van der Waals surface area contributed by atoms with E-state index < -0.39 is 17.8 Å². The first-order valence-corrected chi connectivity index (χ1v) is 14.3. The first kappa shape index (κ1) is 34.0. The number of alkyl halides is 3. The van der Waals surface area contributed by atoms with Crippen molar-refractivity contribution in [1.29, 1.82) is 5.26 Å². The largest absolute Gasteiger partial charge is 0.417 e. The summed E-state index contributed by atoms with van der Waals surface area (Å²) >= 11 is 1.59. The van der Waals surface area contributed by atoms with Crippen LogP contribution in [-0.4, -0.2) is 28.4 Å². The number of nitriles is 1. The third-order valence-corrected chi connectivity index (χ3v) is 6.91. The van der Waals surface area contributed by atoms with Crippen molar-refractivity contribution >= 4 is 23.4 Å². The molecule has 214 valence electrons. The molecule has 3 N–H and O–H groups in total. The van der Waals surface area contributed by atoms with Crippen LogP contribution in [0, 0.1) is 11.5 Å². The molecule has 0 aromatic carbocycles. The van der Waals surface area contributed by atoms with Crippen LogP contribution in [0.2, 0.25) is 0 Å². The number of hydrogen-bond donors (Lipinski definition) is 2. The number of thioether (sulfide) groups is 1. The number of anilines is 1. The summed E-state index contributed by atoms with van der Waals surface area (Å²) in [5, 5.41) is 11.8. The van der Waals surface area contributed by atoms with Gasteiger partial charge in [-0.2, -0.15) is 35.2 Å². The number of rotatable bonds is 16. The van der Waals surface area contributed by atoms with Crippen LogP contribution in [0.15, 0.2) is 69.9 Å². The van der Waals surface area contributed by atoms with E-state index in [2.05, 4.69) is 74.2 Å². The molecular weight excluding hydrogens is 519 g/mol. The van der Waals surface area contributed by atoms with Gasteiger partial charge in [-0.1, -0.05) is 46.6 Å². The molecule has 1 aromatic rings. The molecule has 5 nitrogen and oxygen atoms in total. The molecule has 1 unspecified atom stereocenters. The Morgan fingerprint density at radius 2 is 1.56 bits per heavy atom. The van der Waals surface area contributed by atoms with Crippen molar-refractivity contribution in [3.8, 4) is 6.19 Å². The van der Waals surface area contributed by atoms with E-state index >= 15 is 0 Å². The van der Waals surface area contributed by atoms with Crippen LogP contribution in [-0.2, 0) is 6.18 Å². The molecule has 0 spiro atoms. The summed E-state index contributed by atoms with van der Waals surface area (Å²) in [5.74, 6) is 1.51. The summed E-state index contributed by atoms with van der Waals surface area (Å²) in [5.41, 5.74) is 10.6. The Morgan fingerprint density at radius 3 is 2.05 bits per heavy atom. The predicted octanol–water partition coefficient (Wildman–Crippen LogP) is 8.60. The fourth-order valence-corrected chi connectivity index (χ4v) is 4.56. The predicted molar refractivity (Wildman–Crippen MR) is 160 cm³/mol. The Hall–Kier alpha value is -2.99. The molecule has 0 aliphatic heterocycles. The smallest absolute Gasteiger partial charge is 0.385 e. The number of aliphatic imine (C=N–C) groups is 1. The van der Waals surface area contributed by atoms with Crippen LogP contribution in [0.4, 0.5) is 19.0 Å². The van der Waals surface area contributed by atoms with Gasteiger partial charge in [0, 0.05) is 17.7 Å². The number of halogens is 3. The molecule has 1 aromatic heterocycles. The van der Waals surface area contributed by atoms with Gasteiger partial charge in [0.25, 0.3) is 0 Å². The highest BCUT2D eigenvalue weighted by molar-refractivity contribution is 7.99. The van der Waals surface area contributed by atoms with E-state index in [0.29, 0.717) is 5.75 Å². The van der Waals surface area contributed by atoms with Crippen molar-refractivity contribution < 1.29 is 13.2 Å². The summed E-state index contributed by atoms with van der Waals surface area (Å²) in [4.78, 5) is 7.41. The minimum Gasteiger partial charge on any atom is -0.385 e. The van der Waals surface area contributed by atoms with Crippen molar-refractivity contribution in [2.75, 3.05) is 16.8 Å². The fourth-order valence-electron chi connectivity index (χ4n) is 3.54. The Balaban J connectivity index is 2.48. The molecule has 39 heavy (non-hydrogen) atoms. The molecule has 0 amide bonds. The second-order valence-electron chi connectivity index (χ2n) is 9.85. The van der Waals surface area contributed by atoms with Crippen LogP contribution in [0.25, 0.3) is 0 Å². The lowest BCUT2D eigenvalue weighted by atomic mass is 10.0. The molecule has 0 saturated heterocycles. The lowest BCUT2D eigenvalue weighted by Crippen LogP contribution is -2.38. The number of aromatic nitrogens is 1. The maximum Gasteiger partial charge on any atom is 0.417 e. The van der Waals surface area contributed by atoms with Gasteiger partial charge in [0.1, 0.15) is 11.7 Å². The number of allylic oxidation sites excluding steroid dienone is 7. The van der Waals surface area contributed by atoms with Crippen molar-refractivity contribution in [2.24, 2.45) is 10.7 Å². The van der Waals surface area contributed by atoms with Gasteiger partial charge in [0.2, 0.25) is 6.19 Å². The quantitative estimate of drug-likeness (QED) is 0.0694. The first-order valence-electron chi connectivity index (χ1n) is 13.1. The highest BCUT2D eigenvalue weighted by atomic mass is 32.2. The fraction of sp³-hybridized carbons (Fsp3) is 0.500. The van der Waals surface area contributed by atoms with E-state index in [-0.39, 0.29) is 11.7 Å². The van der Waals surface area contributed by atoms with Crippen LogP contribution in [0.1, 0.15) is 78.7 Å². The molecule has 0 radical (unpaired) electrons. The normalized spacial score (nSPS) is 14.1. The molecule has 9 heteroatoms. The second kappa shape index (κ2) is 18.3. The zero-order chi connectivity index (χ0) is 29.3. The van der Waals surface area contributed by atoms with E-state index in [9.17, 15) is 13.2 Å². The number of hydrogen-bond acceptors (Lipinski definition) is 5. The monoisotopic (exact) mass is 561 g/mol. The Kier molecular flexibility index (Phi) is 16.0. The Morgan fingerprint density at radius 1 is 1.00 bits per heavy atom. The summed E-state index contributed by atoms with van der Waals surface area (Å²) in [7, 11) is 0. The van der Waals surface area contributed by atoms with Gasteiger partial charge in [-0.25, -0.2) is 4.98 Å². The molecule has 0 bridgehead atoms. The van der Waals surface area contributed by atoms with Gasteiger partial charge in [-0.15, -0.1) is 0 Å². The van der Waals surface area contributed by atoms with Crippen molar-refractivity contribution in [1.82, 2.24) is 4.98 Å². The maximum atomic E-state index is 12.8. The third-order valence-electron chi connectivity index (χ3n) is 5.94. The van der Waals surface area contributed by atoms with Crippen LogP contribution >= 0.6 is 11.8 Å². The van der Waals surface area contributed by atoms with Crippen molar-refractivity contribution in [3.05, 3.63) is 70.5 Å². The van der Waals surface area contributed by atoms with Crippen LogP contribution in [0.3, 0.4) is 0 Å². The van der Waals surface area contributed by atoms with Gasteiger partial charge in [0.05, 0.1) is 11.6 Å². The van der Waals surface area contributed by atoms with Crippen LogP contribution in [0.5, 0.6) is 0 Å². The lowest BCUT2D eigenvalue weighted by Gasteiger charge is -2.18. The van der Waals surface area contributed by atoms with Crippen LogP contribution < -0.4 is 11.1 Å². The van der Waals surface area contributed by atoms with Gasteiger partial charge in [-0.3, -0.25) is 0 Å². The summed E-state index contributed by atoms with van der Waals surface area (Å²) in [6.45, 7) is 10.8. The average molecular weight is 562 g/mol. The van der Waals surface area contributed by atoms with E-state index in [4.69, 9.17) is 11.0 Å². The molecule has 1 atom stereocenters. The summed E-state index contributed by atoms with van der Waals surface area (Å²) < 4.78 is 38.3. The standard InChI is InChI=1S/C30H42F3N5S/c1-22(2)9-6-10-23(3)11-7-12-24(4)13-8-14-25(5)17-18-39-20-27(29(35)37-21-34)38-28-16-15-26(19-36-28)30(31,32)33/h9,11,13,15-17,19,27H,6-8,10,12,14,18,20H2,1-5H3,(H2,35,37)(H,36,38)/b23-11+,24-13+,25-17+. The highest BCUT2D eigenvalue weighted by Gasteiger charge is 2.30. The number of nitrogens with two attached hydrogens (primary N) is 1. The van der Waals surface area contributed by atoms with Gasteiger partial charge < -0.3 is 11.1 Å². The molecule has 1 rings (SSSR count). The number of pyridine rings is 1. The molecule has 0 aliphatic rings. The zero-order valence-corrected chi connectivity index (χ0v) is 24.6. The summed E-state index contributed by atoms with van der Waals surface area (Å²) in [6.07, 6.45) is 13.4. The zero-order valence-electron chi connectivity index (χ0n) is 23.7. The minimum absolute atomic E-state index is 0.0611. The minimum atomic E-state index is -4.46. The van der Waals surface area contributed by atoms with E-state index in [1.165, 1.54) is 28.4 Å². The van der Waals surface area contributed by atoms with E-state index in [1.807, 2.05) is 0 Å². The Bertz CT molecular complexity index is 1070. The number of nitrogens with zero attached hydrogens (tertiary/aromatic N) is 3. The molecule has 0 fully saturated rings. The highest BCUT2D eigenvalue weighted by Crippen LogP contribution is 2.29. The molecule has 0 saturated carbocycles. The third kappa shape index (κ3) is 15.9. The van der Waals surface area contributed by atoms with Crippen molar-refractivity contribution in [2.45, 2.75) is 85.4 Å². The molecule has 0 aliphatic carbocycles. The van der Waals surface area contributed by atoms with Crippen molar-refractivity contribution in [3.63, 3.8) is 0 Å². The maximum absolute atomic E-state index is 12.8. The molecule has 1 heterocycles. The number of amidine groups is 1. The average Bonchev–Trinajstić information content (AvgIpc) is 2.85. The topological polar surface area (TPSA) is 87.1 Å². The second-order valence-corrected chi connectivity index (χ2v) is 10.9.